The van der Waals surface area contributed by atoms with Crippen LogP contribution < -0.4 is 15.5 Å². The molecule has 2 amide bonds. The van der Waals surface area contributed by atoms with Crippen LogP contribution in [0, 0.1) is 0 Å². The number of fused-ring (bicyclic) bond motifs is 2. The summed E-state index contributed by atoms with van der Waals surface area (Å²) >= 11 is 0. The first-order chi connectivity index (χ1) is 12.6. The Hall–Kier alpha value is -2.53. The third-order valence-electron chi connectivity index (χ3n) is 5.41. The number of aliphatic hydroxyl groups is 1. The van der Waals surface area contributed by atoms with Crippen LogP contribution >= 0.6 is 0 Å². The number of rotatable bonds is 2. The number of urea groups is 1. The highest BCUT2D eigenvalue weighted by Crippen LogP contribution is 2.28. The summed E-state index contributed by atoms with van der Waals surface area (Å²) in [4.78, 5) is 14.7. The number of nitrogens with one attached hydrogen (secondary N) is 2. The van der Waals surface area contributed by atoms with Gasteiger partial charge in [-0.3, -0.25) is 0 Å². The zero-order valence-corrected chi connectivity index (χ0v) is 15.0. The average Bonchev–Trinajstić information content (AvgIpc) is 2.62. The lowest BCUT2D eigenvalue weighted by Gasteiger charge is -2.34. The first-order valence-electron chi connectivity index (χ1n) is 9.25. The number of nitrogens with zero attached hydrogens (tertiary/aromatic N) is 1. The molecule has 5 nitrogen and oxygen atoms in total. The Kier molecular flexibility index (Phi) is 4.55. The highest BCUT2D eigenvalue weighted by molar-refractivity contribution is 5.90. The second-order valence-electron chi connectivity index (χ2n) is 7.35. The van der Waals surface area contributed by atoms with Crippen molar-refractivity contribution < 1.29 is 9.90 Å². The van der Waals surface area contributed by atoms with Gasteiger partial charge in [-0.05, 0) is 48.1 Å². The van der Waals surface area contributed by atoms with Gasteiger partial charge in [0.25, 0.3) is 0 Å². The van der Waals surface area contributed by atoms with Crippen LogP contribution in [-0.4, -0.2) is 36.9 Å². The zero-order chi connectivity index (χ0) is 18.1. The molecule has 4 rings (SSSR count). The monoisotopic (exact) mass is 351 g/mol. The van der Waals surface area contributed by atoms with Crippen molar-refractivity contribution in [3.63, 3.8) is 0 Å². The topological polar surface area (TPSA) is 64.6 Å². The van der Waals surface area contributed by atoms with Crippen molar-refractivity contribution in [1.29, 1.82) is 0 Å². The molecule has 0 radical (unpaired) electrons. The van der Waals surface area contributed by atoms with Gasteiger partial charge < -0.3 is 20.6 Å². The van der Waals surface area contributed by atoms with E-state index in [1.54, 1.807) is 0 Å². The van der Waals surface area contributed by atoms with Crippen molar-refractivity contribution >= 4 is 17.4 Å². The summed E-state index contributed by atoms with van der Waals surface area (Å²) in [7, 11) is 2.06. The number of para-hydroxylation sites is 1. The van der Waals surface area contributed by atoms with Crippen molar-refractivity contribution in [2.24, 2.45) is 0 Å². The minimum absolute atomic E-state index is 0.0695. The van der Waals surface area contributed by atoms with Crippen LogP contribution in [0.5, 0.6) is 0 Å². The van der Waals surface area contributed by atoms with Crippen molar-refractivity contribution in [2.75, 3.05) is 23.8 Å². The predicted molar refractivity (Wildman–Crippen MR) is 104 cm³/mol. The number of aliphatic hydroxyl groups excluding tert-OH is 1. The Labute approximate surface area is 154 Å². The van der Waals surface area contributed by atoms with Crippen molar-refractivity contribution in [3.8, 4) is 0 Å². The second-order valence-corrected chi connectivity index (χ2v) is 7.35. The van der Waals surface area contributed by atoms with Gasteiger partial charge in [0.2, 0.25) is 0 Å². The SMILES string of the molecule is CN1CC(NC(=O)Nc2cccc3c2CC(O)CC3)Cc2ccccc21. The Bertz CT molecular complexity index is 821. The summed E-state index contributed by atoms with van der Waals surface area (Å²) in [6.07, 6.45) is 2.76. The number of benzene rings is 2. The van der Waals surface area contributed by atoms with Gasteiger partial charge in [0, 0.05) is 31.4 Å². The van der Waals surface area contributed by atoms with Gasteiger partial charge in [0.15, 0.2) is 0 Å². The molecule has 0 fully saturated rings. The summed E-state index contributed by atoms with van der Waals surface area (Å²) in [6.45, 7) is 0.788. The minimum Gasteiger partial charge on any atom is -0.393 e. The molecule has 2 aromatic rings. The van der Waals surface area contributed by atoms with Gasteiger partial charge in [-0.25, -0.2) is 4.79 Å². The maximum absolute atomic E-state index is 12.6. The summed E-state index contributed by atoms with van der Waals surface area (Å²) in [6, 6.07) is 14.2. The normalized spacial score (nSPS) is 21.5. The Morgan fingerprint density at radius 2 is 1.92 bits per heavy atom. The van der Waals surface area contributed by atoms with Crippen LogP contribution in [-0.2, 0) is 19.3 Å². The van der Waals surface area contributed by atoms with E-state index in [-0.39, 0.29) is 18.2 Å². The molecule has 3 N–H and O–H groups in total. The first-order valence-corrected chi connectivity index (χ1v) is 9.25. The van der Waals surface area contributed by atoms with E-state index in [1.807, 2.05) is 24.3 Å². The summed E-state index contributed by atoms with van der Waals surface area (Å²) in [5, 5.41) is 16.1. The van der Waals surface area contributed by atoms with Crippen molar-refractivity contribution in [3.05, 3.63) is 59.2 Å². The van der Waals surface area contributed by atoms with Crippen LogP contribution in [0.2, 0.25) is 0 Å². The second kappa shape index (κ2) is 7.00. The molecule has 2 aliphatic rings. The molecule has 1 aliphatic heterocycles. The number of likely N-dealkylation sites (N-methyl/N-ethyl adjacent to an activating group) is 1. The van der Waals surface area contributed by atoms with E-state index in [9.17, 15) is 9.90 Å². The molecule has 1 aliphatic carbocycles. The number of hydrogen-bond acceptors (Lipinski definition) is 3. The molecule has 136 valence electrons. The number of aryl methyl sites for hydroxylation is 1. The number of carbonyl (C=O) groups is 1. The van der Waals surface area contributed by atoms with Gasteiger partial charge in [0.05, 0.1) is 12.1 Å². The Morgan fingerprint density at radius 1 is 1.12 bits per heavy atom. The number of anilines is 2. The molecular formula is C21H25N3O2. The maximum atomic E-state index is 12.6. The van der Waals surface area contributed by atoms with E-state index >= 15 is 0 Å². The Morgan fingerprint density at radius 3 is 2.81 bits per heavy atom. The van der Waals surface area contributed by atoms with Crippen LogP contribution in [0.15, 0.2) is 42.5 Å². The highest BCUT2D eigenvalue weighted by atomic mass is 16.3. The lowest BCUT2D eigenvalue weighted by atomic mass is 9.88. The highest BCUT2D eigenvalue weighted by Gasteiger charge is 2.24. The predicted octanol–water partition coefficient (Wildman–Crippen LogP) is 2.72. The first kappa shape index (κ1) is 16.9. The van der Waals surface area contributed by atoms with Gasteiger partial charge >= 0.3 is 6.03 Å². The van der Waals surface area contributed by atoms with Crippen molar-refractivity contribution in [1.82, 2.24) is 5.32 Å². The van der Waals surface area contributed by atoms with Gasteiger partial charge in [-0.2, -0.15) is 0 Å². The quantitative estimate of drug-likeness (QED) is 0.779. The molecular weight excluding hydrogens is 326 g/mol. The fraction of sp³-hybridized carbons (Fsp3) is 0.381. The van der Waals surface area contributed by atoms with E-state index in [4.69, 9.17) is 0 Å². The maximum Gasteiger partial charge on any atom is 0.319 e. The summed E-state index contributed by atoms with van der Waals surface area (Å²) in [5.41, 5.74) is 5.58. The smallest absolute Gasteiger partial charge is 0.319 e. The molecule has 2 unspecified atom stereocenters. The third kappa shape index (κ3) is 3.40. The molecule has 1 heterocycles. The lowest BCUT2D eigenvalue weighted by molar-refractivity contribution is 0.159. The van der Waals surface area contributed by atoms with Crippen LogP contribution in [0.4, 0.5) is 16.2 Å². The van der Waals surface area contributed by atoms with E-state index in [0.29, 0.717) is 6.42 Å². The standard InChI is InChI=1S/C21H25N3O2/c1-24-13-16(11-15-5-2-3-8-20(15)24)22-21(26)23-19-7-4-6-14-9-10-17(25)12-18(14)19/h2-8,16-17,25H,9-13H2,1H3,(H2,22,23,26). The summed E-state index contributed by atoms with van der Waals surface area (Å²) in [5.74, 6) is 0. The van der Waals surface area contributed by atoms with E-state index < -0.39 is 0 Å². The van der Waals surface area contributed by atoms with E-state index in [2.05, 4.69) is 40.8 Å². The molecule has 26 heavy (non-hydrogen) atoms. The van der Waals surface area contributed by atoms with E-state index in [1.165, 1.54) is 16.8 Å². The molecule has 0 saturated heterocycles. The molecule has 0 spiro atoms. The average molecular weight is 351 g/mol. The molecule has 2 aromatic carbocycles. The molecule has 2 atom stereocenters. The Balaban J connectivity index is 1.44. The largest absolute Gasteiger partial charge is 0.393 e. The summed E-state index contributed by atoms with van der Waals surface area (Å²) < 4.78 is 0. The van der Waals surface area contributed by atoms with Crippen LogP contribution in [0.25, 0.3) is 0 Å². The molecule has 5 heteroatoms. The van der Waals surface area contributed by atoms with Crippen LogP contribution in [0.1, 0.15) is 23.1 Å². The molecule has 0 saturated carbocycles. The zero-order valence-electron chi connectivity index (χ0n) is 15.0. The van der Waals surface area contributed by atoms with Crippen LogP contribution in [0.3, 0.4) is 0 Å². The number of carbonyl (C=O) groups excluding carboxylic acids is 1. The van der Waals surface area contributed by atoms with E-state index in [0.717, 1.165) is 37.1 Å². The fourth-order valence-corrected chi connectivity index (χ4v) is 4.14. The van der Waals surface area contributed by atoms with Crippen molar-refractivity contribution in [2.45, 2.75) is 37.8 Å². The fourth-order valence-electron chi connectivity index (χ4n) is 4.14. The number of hydrogen-bond donors (Lipinski definition) is 3. The molecule has 0 bridgehead atoms. The number of amides is 2. The van der Waals surface area contributed by atoms with Gasteiger partial charge in [-0.1, -0.05) is 30.3 Å². The third-order valence-corrected chi connectivity index (χ3v) is 5.41. The lowest BCUT2D eigenvalue weighted by Crippen LogP contribution is -2.48. The minimum atomic E-state index is -0.322. The van der Waals surface area contributed by atoms with Gasteiger partial charge in [-0.15, -0.1) is 0 Å². The molecule has 0 aromatic heterocycles. The van der Waals surface area contributed by atoms with Gasteiger partial charge in [0.1, 0.15) is 0 Å².